The first-order chi connectivity index (χ1) is 15.1. The van der Waals surface area contributed by atoms with E-state index in [9.17, 15) is 19.2 Å². The lowest BCUT2D eigenvalue weighted by molar-refractivity contribution is -0.160. The van der Waals surface area contributed by atoms with Crippen molar-refractivity contribution in [2.45, 2.75) is 77.3 Å². The van der Waals surface area contributed by atoms with E-state index >= 15 is 0 Å². The molecule has 0 radical (unpaired) electrons. The van der Waals surface area contributed by atoms with Crippen LogP contribution in [0.25, 0.3) is 0 Å². The van der Waals surface area contributed by atoms with Crippen molar-refractivity contribution in [2.75, 3.05) is 11.9 Å². The predicted octanol–water partition coefficient (Wildman–Crippen LogP) is 2.93. The molecule has 1 aromatic carbocycles. The number of hydrogen-bond acceptors (Lipinski definition) is 5. The SMILES string of the molecule is CC(C)(C)NC(=O)CC1(C(=O)OCC(=O)Nc2ccccc2C(=O)NC2CC2)CCCC1. The van der Waals surface area contributed by atoms with Gasteiger partial charge in [0.25, 0.3) is 11.8 Å². The molecule has 3 N–H and O–H groups in total. The van der Waals surface area contributed by atoms with Gasteiger partial charge in [0, 0.05) is 18.0 Å². The van der Waals surface area contributed by atoms with E-state index in [0.717, 1.165) is 25.7 Å². The Morgan fingerprint density at radius 3 is 2.31 bits per heavy atom. The van der Waals surface area contributed by atoms with Crippen LogP contribution in [0.15, 0.2) is 24.3 Å². The fourth-order valence-electron chi connectivity index (χ4n) is 4.03. The highest BCUT2D eigenvalue weighted by Gasteiger charge is 2.44. The van der Waals surface area contributed by atoms with E-state index in [4.69, 9.17) is 4.74 Å². The Morgan fingerprint density at radius 1 is 1.03 bits per heavy atom. The van der Waals surface area contributed by atoms with Crippen LogP contribution in [0.1, 0.15) is 76.1 Å². The number of para-hydroxylation sites is 1. The minimum absolute atomic E-state index is 0.0505. The Hall–Kier alpha value is -2.90. The number of ether oxygens (including phenoxy) is 1. The first-order valence-corrected chi connectivity index (χ1v) is 11.3. The van der Waals surface area contributed by atoms with E-state index < -0.39 is 23.9 Å². The second-order valence-corrected chi connectivity index (χ2v) is 9.88. The number of hydrogen-bond donors (Lipinski definition) is 3. The monoisotopic (exact) mass is 443 g/mol. The molecule has 0 unspecified atom stereocenters. The Balaban J connectivity index is 1.57. The van der Waals surface area contributed by atoms with E-state index in [-0.39, 0.29) is 29.8 Å². The fraction of sp³-hybridized carbons (Fsp3) is 0.583. The van der Waals surface area contributed by atoms with Crippen LogP contribution in [0.5, 0.6) is 0 Å². The summed E-state index contributed by atoms with van der Waals surface area (Å²) in [5.74, 6) is -1.49. The summed E-state index contributed by atoms with van der Waals surface area (Å²) in [5.41, 5.74) is -0.547. The second-order valence-electron chi connectivity index (χ2n) is 9.88. The Labute approximate surface area is 188 Å². The Bertz CT molecular complexity index is 880. The van der Waals surface area contributed by atoms with Crippen LogP contribution in [-0.4, -0.2) is 41.9 Å². The van der Waals surface area contributed by atoms with Crippen molar-refractivity contribution < 1.29 is 23.9 Å². The van der Waals surface area contributed by atoms with E-state index in [0.29, 0.717) is 24.1 Å². The molecule has 0 atom stereocenters. The van der Waals surface area contributed by atoms with Crippen LogP contribution in [0, 0.1) is 5.41 Å². The second kappa shape index (κ2) is 9.71. The number of carbonyl (C=O) groups is 4. The first kappa shape index (κ1) is 23.8. The van der Waals surface area contributed by atoms with Crippen molar-refractivity contribution in [3.63, 3.8) is 0 Å². The normalized spacial score (nSPS) is 17.3. The topological polar surface area (TPSA) is 114 Å². The molecule has 0 saturated heterocycles. The summed E-state index contributed by atoms with van der Waals surface area (Å²) in [7, 11) is 0. The van der Waals surface area contributed by atoms with Crippen molar-refractivity contribution in [3.8, 4) is 0 Å². The van der Waals surface area contributed by atoms with Gasteiger partial charge in [0.15, 0.2) is 6.61 Å². The summed E-state index contributed by atoms with van der Waals surface area (Å²) in [6.07, 6.45) is 4.79. The summed E-state index contributed by atoms with van der Waals surface area (Å²) in [6.45, 7) is 5.19. The zero-order valence-electron chi connectivity index (χ0n) is 19.1. The predicted molar refractivity (Wildman–Crippen MR) is 120 cm³/mol. The summed E-state index contributed by atoms with van der Waals surface area (Å²) in [4.78, 5) is 50.2. The molecule has 3 rings (SSSR count). The molecule has 0 bridgehead atoms. The van der Waals surface area contributed by atoms with Crippen molar-refractivity contribution in [1.29, 1.82) is 0 Å². The van der Waals surface area contributed by atoms with Gasteiger partial charge in [-0.2, -0.15) is 0 Å². The molecule has 2 fully saturated rings. The molecule has 0 aromatic heterocycles. The van der Waals surface area contributed by atoms with Gasteiger partial charge in [0.1, 0.15) is 0 Å². The molecule has 2 saturated carbocycles. The molecule has 2 aliphatic carbocycles. The van der Waals surface area contributed by atoms with Gasteiger partial charge < -0.3 is 20.7 Å². The van der Waals surface area contributed by atoms with Gasteiger partial charge >= 0.3 is 5.97 Å². The average molecular weight is 444 g/mol. The molecule has 8 nitrogen and oxygen atoms in total. The van der Waals surface area contributed by atoms with Crippen LogP contribution < -0.4 is 16.0 Å². The number of nitrogens with one attached hydrogen (secondary N) is 3. The van der Waals surface area contributed by atoms with Crippen molar-refractivity contribution in [2.24, 2.45) is 5.41 Å². The van der Waals surface area contributed by atoms with Crippen molar-refractivity contribution >= 4 is 29.4 Å². The third-order valence-corrected chi connectivity index (χ3v) is 5.70. The number of anilines is 1. The highest BCUT2D eigenvalue weighted by Crippen LogP contribution is 2.42. The zero-order valence-corrected chi connectivity index (χ0v) is 19.1. The van der Waals surface area contributed by atoms with Gasteiger partial charge in [-0.15, -0.1) is 0 Å². The van der Waals surface area contributed by atoms with E-state index in [2.05, 4.69) is 16.0 Å². The molecule has 8 heteroatoms. The van der Waals surface area contributed by atoms with Gasteiger partial charge in [-0.25, -0.2) is 0 Å². The lowest BCUT2D eigenvalue weighted by Gasteiger charge is -2.28. The summed E-state index contributed by atoms with van der Waals surface area (Å²) < 4.78 is 5.34. The van der Waals surface area contributed by atoms with Gasteiger partial charge in [-0.05, 0) is 58.6 Å². The molecule has 0 spiro atoms. The molecule has 1 aromatic rings. The van der Waals surface area contributed by atoms with Crippen LogP contribution in [0.3, 0.4) is 0 Å². The summed E-state index contributed by atoms with van der Waals surface area (Å²) in [5, 5.41) is 8.45. The number of amides is 3. The summed E-state index contributed by atoms with van der Waals surface area (Å²) >= 11 is 0. The first-order valence-electron chi connectivity index (χ1n) is 11.3. The highest BCUT2D eigenvalue weighted by molar-refractivity contribution is 6.04. The van der Waals surface area contributed by atoms with Crippen LogP contribution >= 0.6 is 0 Å². The molecule has 0 heterocycles. The molecule has 3 amide bonds. The largest absolute Gasteiger partial charge is 0.455 e. The Morgan fingerprint density at radius 2 is 1.69 bits per heavy atom. The third kappa shape index (κ3) is 6.55. The minimum atomic E-state index is -0.891. The van der Waals surface area contributed by atoms with Crippen LogP contribution in [-0.2, 0) is 19.1 Å². The minimum Gasteiger partial charge on any atom is -0.455 e. The molecule has 0 aliphatic heterocycles. The zero-order chi connectivity index (χ0) is 23.4. The standard InChI is InChI=1S/C24H33N3O5/c1-23(2,3)27-19(28)14-24(12-6-7-13-24)22(31)32-15-20(29)26-18-9-5-4-8-17(18)21(30)25-16-10-11-16/h4-5,8-9,16H,6-7,10-15H2,1-3H3,(H,25,30)(H,26,29)(H,27,28). The molecule has 2 aliphatic rings. The van der Waals surface area contributed by atoms with Gasteiger partial charge in [0.05, 0.1) is 16.7 Å². The van der Waals surface area contributed by atoms with Crippen LogP contribution in [0.2, 0.25) is 0 Å². The lowest BCUT2D eigenvalue weighted by atomic mass is 9.82. The maximum absolute atomic E-state index is 12.9. The van der Waals surface area contributed by atoms with Gasteiger partial charge in [-0.1, -0.05) is 25.0 Å². The molecular weight excluding hydrogens is 410 g/mol. The maximum atomic E-state index is 12.9. The number of carbonyl (C=O) groups excluding carboxylic acids is 4. The molecule has 174 valence electrons. The smallest absolute Gasteiger partial charge is 0.313 e. The molecular formula is C24H33N3O5. The number of rotatable bonds is 8. The number of esters is 1. The maximum Gasteiger partial charge on any atom is 0.313 e. The quantitative estimate of drug-likeness (QED) is 0.535. The van der Waals surface area contributed by atoms with E-state index in [1.54, 1.807) is 24.3 Å². The Kier molecular flexibility index (Phi) is 7.21. The number of benzene rings is 1. The van der Waals surface area contributed by atoms with Gasteiger partial charge in [0.2, 0.25) is 5.91 Å². The average Bonchev–Trinajstić information content (AvgIpc) is 3.39. The lowest BCUT2D eigenvalue weighted by Crippen LogP contribution is -2.44. The van der Waals surface area contributed by atoms with E-state index in [1.165, 1.54) is 0 Å². The third-order valence-electron chi connectivity index (χ3n) is 5.70. The van der Waals surface area contributed by atoms with Crippen molar-refractivity contribution in [1.82, 2.24) is 10.6 Å². The van der Waals surface area contributed by atoms with Crippen LogP contribution in [0.4, 0.5) is 5.69 Å². The highest BCUT2D eigenvalue weighted by atomic mass is 16.5. The van der Waals surface area contributed by atoms with Gasteiger partial charge in [-0.3, -0.25) is 19.2 Å². The molecule has 32 heavy (non-hydrogen) atoms. The van der Waals surface area contributed by atoms with Crippen molar-refractivity contribution in [3.05, 3.63) is 29.8 Å². The fourth-order valence-corrected chi connectivity index (χ4v) is 4.03. The summed E-state index contributed by atoms with van der Waals surface area (Å²) in [6, 6.07) is 6.92. The van der Waals surface area contributed by atoms with E-state index in [1.807, 2.05) is 20.8 Å².